The summed E-state index contributed by atoms with van der Waals surface area (Å²) >= 11 is 5.94. The van der Waals surface area contributed by atoms with E-state index in [1.54, 1.807) is 6.07 Å². The SMILES string of the molecule is CC(C)N=C(N)c1ccccc1Cl. The highest BCUT2D eigenvalue weighted by Gasteiger charge is 2.03. The van der Waals surface area contributed by atoms with Gasteiger partial charge in [0.2, 0.25) is 0 Å². The van der Waals surface area contributed by atoms with Crippen molar-refractivity contribution in [3.05, 3.63) is 34.9 Å². The van der Waals surface area contributed by atoms with Crippen LogP contribution in [0.4, 0.5) is 0 Å². The molecule has 0 spiro atoms. The van der Waals surface area contributed by atoms with Crippen LogP contribution in [0, 0.1) is 0 Å². The average molecular weight is 197 g/mol. The Kier molecular flexibility index (Phi) is 3.32. The van der Waals surface area contributed by atoms with Crippen LogP contribution in [0.2, 0.25) is 5.02 Å². The maximum atomic E-state index is 5.94. The lowest BCUT2D eigenvalue weighted by molar-refractivity contribution is 0.834. The normalized spacial score (nSPS) is 12.2. The highest BCUT2D eigenvalue weighted by Crippen LogP contribution is 2.14. The monoisotopic (exact) mass is 196 g/mol. The average Bonchev–Trinajstić information content (AvgIpc) is 2.03. The van der Waals surface area contributed by atoms with Crippen molar-refractivity contribution in [2.75, 3.05) is 0 Å². The molecule has 1 rings (SSSR count). The highest BCUT2D eigenvalue weighted by molar-refractivity contribution is 6.34. The van der Waals surface area contributed by atoms with Gasteiger partial charge in [0.1, 0.15) is 5.84 Å². The van der Waals surface area contributed by atoms with Crippen molar-refractivity contribution in [3.8, 4) is 0 Å². The van der Waals surface area contributed by atoms with Crippen LogP contribution in [0.25, 0.3) is 0 Å². The molecule has 70 valence electrons. The summed E-state index contributed by atoms with van der Waals surface area (Å²) in [5.41, 5.74) is 6.57. The Morgan fingerprint density at radius 1 is 1.38 bits per heavy atom. The molecule has 13 heavy (non-hydrogen) atoms. The van der Waals surface area contributed by atoms with Gasteiger partial charge in [0.05, 0.1) is 5.02 Å². The van der Waals surface area contributed by atoms with Crippen molar-refractivity contribution in [2.45, 2.75) is 19.9 Å². The van der Waals surface area contributed by atoms with Crippen LogP contribution in [0.3, 0.4) is 0 Å². The first-order valence-electron chi connectivity index (χ1n) is 4.19. The van der Waals surface area contributed by atoms with Gasteiger partial charge in [0, 0.05) is 11.6 Å². The fraction of sp³-hybridized carbons (Fsp3) is 0.300. The summed E-state index contributed by atoms with van der Waals surface area (Å²) in [6.45, 7) is 3.95. The first-order chi connectivity index (χ1) is 6.11. The second-order valence-electron chi connectivity index (χ2n) is 3.09. The van der Waals surface area contributed by atoms with E-state index in [-0.39, 0.29) is 6.04 Å². The molecule has 1 aromatic carbocycles. The number of hydrogen-bond acceptors (Lipinski definition) is 1. The van der Waals surface area contributed by atoms with Gasteiger partial charge < -0.3 is 5.73 Å². The third-order valence-corrected chi connectivity index (χ3v) is 1.88. The molecular weight excluding hydrogens is 184 g/mol. The first-order valence-corrected chi connectivity index (χ1v) is 4.57. The molecule has 0 heterocycles. The Morgan fingerprint density at radius 2 is 2.00 bits per heavy atom. The molecule has 2 nitrogen and oxygen atoms in total. The van der Waals surface area contributed by atoms with Crippen LogP contribution in [0.1, 0.15) is 19.4 Å². The first kappa shape index (κ1) is 10.1. The Hall–Kier alpha value is -1.02. The Labute approximate surface area is 83.4 Å². The van der Waals surface area contributed by atoms with Crippen LogP contribution in [-0.2, 0) is 0 Å². The minimum absolute atomic E-state index is 0.191. The third-order valence-electron chi connectivity index (χ3n) is 1.55. The standard InChI is InChI=1S/C10H13ClN2/c1-7(2)13-10(12)8-5-3-4-6-9(8)11/h3-7H,1-2H3,(H2,12,13). The van der Waals surface area contributed by atoms with Gasteiger partial charge in [0.15, 0.2) is 0 Å². The van der Waals surface area contributed by atoms with Gasteiger partial charge in [0.25, 0.3) is 0 Å². The number of benzene rings is 1. The minimum Gasteiger partial charge on any atom is -0.383 e. The molecular formula is C10H13ClN2. The summed E-state index contributed by atoms with van der Waals surface area (Å²) in [4.78, 5) is 4.22. The molecule has 3 heteroatoms. The van der Waals surface area contributed by atoms with E-state index in [1.165, 1.54) is 0 Å². The van der Waals surface area contributed by atoms with Gasteiger partial charge in [-0.25, -0.2) is 0 Å². The number of rotatable bonds is 2. The second kappa shape index (κ2) is 4.28. The molecule has 0 unspecified atom stereocenters. The summed E-state index contributed by atoms with van der Waals surface area (Å²) in [5.74, 6) is 0.501. The minimum atomic E-state index is 0.191. The number of amidine groups is 1. The molecule has 0 amide bonds. The van der Waals surface area contributed by atoms with Gasteiger partial charge in [-0.1, -0.05) is 23.7 Å². The fourth-order valence-corrected chi connectivity index (χ4v) is 1.25. The lowest BCUT2D eigenvalue weighted by Crippen LogP contribution is -2.16. The topological polar surface area (TPSA) is 38.4 Å². The smallest absolute Gasteiger partial charge is 0.127 e. The lowest BCUT2D eigenvalue weighted by Gasteiger charge is -2.04. The van der Waals surface area contributed by atoms with Crippen molar-refractivity contribution >= 4 is 17.4 Å². The molecule has 0 bridgehead atoms. The lowest BCUT2D eigenvalue weighted by atomic mass is 10.2. The van der Waals surface area contributed by atoms with E-state index < -0.39 is 0 Å². The molecule has 0 aliphatic carbocycles. The van der Waals surface area contributed by atoms with Gasteiger partial charge in [-0.2, -0.15) is 0 Å². The van der Waals surface area contributed by atoms with Crippen LogP contribution in [-0.4, -0.2) is 11.9 Å². The zero-order valence-electron chi connectivity index (χ0n) is 7.79. The number of aliphatic imine (C=N–C) groups is 1. The van der Waals surface area contributed by atoms with E-state index in [1.807, 2.05) is 32.0 Å². The number of nitrogens with zero attached hydrogens (tertiary/aromatic N) is 1. The summed E-state index contributed by atoms with van der Waals surface area (Å²) < 4.78 is 0. The van der Waals surface area contributed by atoms with E-state index >= 15 is 0 Å². The molecule has 0 radical (unpaired) electrons. The maximum Gasteiger partial charge on any atom is 0.127 e. The van der Waals surface area contributed by atoms with Crippen molar-refractivity contribution in [3.63, 3.8) is 0 Å². The van der Waals surface area contributed by atoms with Crippen molar-refractivity contribution in [2.24, 2.45) is 10.7 Å². The third kappa shape index (κ3) is 2.74. The van der Waals surface area contributed by atoms with Crippen LogP contribution in [0.15, 0.2) is 29.3 Å². The Balaban J connectivity index is 3.02. The fourth-order valence-electron chi connectivity index (χ4n) is 1.02. The summed E-state index contributed by atoms with van der Waals surface area (Å²) in [5, 5.41) is 0.643. The number of halogens is 1. The number of hydrogen-bond donors (Lipinski definition) is 1. The molecule has 0 fully saturated rings. The molecule has 0 atom stereocenters. The van der Waals surface area contributed by atoms with E-state index in [0.29, 0.717) is 10.9 Å². The Bertz CT molecular complexity index is 318. The van der Waals surface area contributed by atoms with Gasteiger partial charge in [-0.05, 0) is 26.0 Å². The summed E-state index contributed by atoms with van der Waals surface area (Å²) in [7, 11) is 0. The molecule has 1 aromatic rings. The van der Waals surface area contributed by atoms with E-state index in [0.717, 1.165) is 5.56 Å². The van der Waals surface area contributed by atoms with Crippen molar-refractivity contribution in [1.29, 1.82) is 0 Å². The van der Waals surface area contributed by atoms with Crippen LogP contribution < -0.4 is 5.73 Å². The zero-order chi connectivity index (χ0) is 9.84. The van der Waals surface area contributed by atoms with Crippen LogP contribution >= 0.6 is 11.6 Å². The van der Waals surface area contributed by atoms with Gasteiger partial charge in [-0.15, -0.1) is 0 Å². The molecule has 0 saturated heterocycles. The summed E-state index contributed by atoms with van der Waals surface area (Å²) in [6.07, 6.45) is 0. The maximum absolute atomic E-state index is 5.94. The predicted octanol–water partition coefficient (Wildman–Crippen LogP) is 2.45. The number of nitrogens with two attached hydrogens (primary N) is 1. The van der Waals surface area contributed by atoms with Gasteiger partial charge >= 0.3 is 0 Å². The van der Waals surface area contributed by atoms with Crippen molar-refractivity contribution < 1.29 is 0 Å². The molecule has 0 saturated carbocycles. The molecule has 0 aliphatic rings. The second-order valence-corrected chi connectivity index (χ2v) is 3.50. The molecule has 0 aliphatic heterocycles. The van der Waals surface area contributed by atoms with Crippen molar-refractivity contribution in [1.82, 2.24) is 0 Å². The summed E-state index contributed by atoms with van der Waals surface area (Å²) in [6, 6.07) is 7.62. The highest BCUT2D eigenvalue weighted by atomic mass is 35.5. The zero-order valence-corrected chi connectivity index (χ0v) is 8.55. The van der Waals surface area contributed by atoms with Gasteiger partial charge in [-0.3, -0.25) is 4.99 Å². The molecule has 0 aromatic heterocycles. The largest absolute Gasteiger partial charge is 0.383 e. The quantitative estimate of drug-likeness (QED) is 0.573. The van der Waals surface area contributed by atoms with Crippen LogP contribution in [0.5, 0.6) is 0 Å². The Morgan fingerprint density at radius 3 is 2.54 bits per heavy atom. The van der Waals surface area contributed by atoms with E-state index in [4.69, 9.17) is 17.3 Å². The molecule has 2 N–H and O–H groups in total. The van der Waals surface area contributed by atoms with E-state index in [9.17, 15) is 0 Å². The van der Waals surface area contributed by atoms with E-state index in [2.05, 4.69) is 4.99 Å². The predicted molar refractivity (Wildman–Crippen MR) is 57.3 cm³/mol.